The lowest BCUT2D eigenvalue weighted by molar-refractivity contribution is 0.0697. The molecule has 0 atom stereocenters. The fourth-order valence-electron chi connectivity index (χ4n) is 1.91. The van der Waals surface area contributed by atoms with E-state index in [4.69, 9.17) is 20.3 Å². The molecule has 0 aliphatic rings. The van der Waals surface area contributed by atoms with E-state index < -0.39 is 5.97 Å². The molecule has 2 rings (SSSR count). The SMILES string of the molecule is COc1ccc(COc2cc(C)c(N)c(C(=O)O)c2)cc1. The summed E-state index contributed by atoms with van der Waals surface area (Å²) in [7, 11) is 1.61. The van der Waals surface area contributed by atoms with Crippen molar-refractivity contribution in [2.75, 3.05) is 12.8 Å². The van der Waals surface area contributed by atoms with Gasteiger partial charge in [0.25, 0.3) is 0 Å². The van der Waals surface area contributed by atoms with Gasteiger partial charge in [0.2, 0.25) is 0 Å². The molecule has 0 aliphatic heterocycles. The number of carboxylic acid groups (broad SMARTS) is 1. The van der Waals surface area contributed by atoms with Crippen LogP contribution in [-0.2, 0) is 6.61 Å². The van der Waals surface area contributed by atoms with Gasteiger partial charge in [-0.15, -0.1) is 0 Å². The summed E-state index contributed by atoms with van der Waals surface area (Å²) >= 11 is 0. The summed E-state index contributed by atoms with van der Waals surface area (Å²) in [6.45, 7) is 2.09. The number of methoxy groups -OCH3 is 1. The van der Waals surface area contributed by atoms with Crippen molar-refractivity contribution in [2.45, 2.75) is 13.5 Å². The third-order valence-electron chi connectivity index (χ3n) is 3.16. The van der Waals surface area contributed by atoms with Gasteiger partial charge in [-0.3, -0.25) is 0 Å². The molecule has 0 saturated carbocycles. The number of benzene rings is 2. The summed E-state index contributed by atoms with van der Waals surface area (Å²) in [6, 6.07) is 10.6. The highest BCUT2D eigenvalue weighted by atomic mass is 16.5. The number of hydrogen-bond acceptors (Lipinski definition) is 4. The van der Waals surface area contributed by atoms with Gasteiger partial charge in [0.1, 0.15) is 18.1 Å². The quantitative estimate of drug-likeness (QED) is 0.826. The van der Waals surface area contributed by atoms with Crippen LogP contribution >= 0.6 is 0 Å². The van der Waals surface area contributed by atoms with E-state index in [1.165, 1.54) is 6.07 Å². The molecule has 0 bridgehead atoms. The molecular weight excluding hydrogens is 270 g/mol. The molecule has 0 spiro atoms. The van der Waals surface area contributed by atoms with E-state index in [-0.39, 0.29) is 11.3 Å². The van der Waals surface area contributed by atoms with Gasteiger partial charge in [-0.25, -0.2) is 4.79 Å². The molecule has 0 saturated heterocycles. The van der Waals surface area contributed by atoms with Crippen LogP contribution < -0.4 is 15.2 Å². The normalized spacial score (nSPS) is 10.2. The summed E-state index contributed by atoms with van der Waals surface area (Å²) in [5.74, 6) is 0.190. The Kier molecular flexibility index (Phi) is 4.33. The second-order valence-corrected chi connectivity index (χ2v) is 4.64. The molecule has 0 radical (unpaired) electrons. The fraction of sp³-hybridized carbons (Fsp3) is 0.188. The minimum absolute atomic E-state index is 0.0553. The van der Waals surface area contributed by atoms with E-state index in [9.17, 15) is 4.79 Å². The first-order valence-corrected chi connectivity index (χ1v) is 6.40. The van der Waals surface area contributed by atoms with Crippen molar-refractivity contribution in [1.29, 1.82) is 0 Å². The van der Waals surface area contributed by atoms with Gasteiger partial charge in [0.05, 0.1) is 12.7 Å². The van der Waals surface area contributed by atoms with Crippen LogP contribution in [0.25, 0.3) is 0 Å². The first-order chi connectivity index (χ1) is 10.0. The Balaban J connectivity index is 2.14. The Hall–Kier alpha value is -2.69. The lowest BCUT2D eigenvalue weighted by atomic mass is 10.1. The number of aryl methyl sites for hydroxylation is 1. The van der Waals surface area contributed by atoms with Crippen molar-refractivity contribution >= 4 is 11.7 Å². The lowest BCUT2D eigenvalue weighted by Gasteiger charge is -2.11. The molecule has 0 heterocycles. The number of carbonyl (C=O) groups is 1. The molecule has 0 fully saturated rings. The summed E-state index contributed by atoms with van der Waals surface area (Å²) < 4.78 is 10.7. The highest BCUT2D eigenvalue weighted by Crippen LogP contribution is 2.25. The second-order valence-electron chi connectivity index (χ2n) is 4.64. The zero-order valence-electron chi connectivity index (χ0n) is 11.9. The van der Waals surface area contributed by atoms with Gasteiger partial charge in [0, 0.05) is 5.69 Å². The molecule has 0 aliphatic carbocycles. The van der Waals surface area contributed by atoms with Crippen molar-refractivity contribution in [1.82, 2.24) is 0 Å². The molecule has 2 aromatic rings. The molecule has 0 unspecified atom stereocenters. The number of hydrogen-bond donors (Lipinski definition) is 2. The smallest absolute Gasteiger partial charge is 0.337 e. The molecule has 21 heavy (non-hydrogen) atoms. The van der Waals surface area contributed by atoms with Crippen molar-refractivity contribution in [2.24, 2.45) is 0 Å². The monoisotopic (exact) mass is 287 g/mol. The topological polar surface area (TPSA) is 81.8 Å². The first kappa shape index (κ1) is 14.7. The molecular formula is C16H17NO4. The number of anilines is 1. The Morgan fingerprint density at radius 3 is 2.43 bits per heavy atom. The van der Waals surface area contributed by atoms with Gasteiger partial charge >= 0.3 is 5.97 Å². The maximum Gasteiger partial charge on any atom is 0.337 e. The van der Waals surface area contributed by atoms with Gasteiger partial charge in [-0.1, -0.05) is 12.1 Å². The fourth-order valence-corrected chi connectivity index (χ4v) is 1.91. The zero-order valence-corrected chi connectivity index (χ0v) is 11.9. The Labute approximate surface area is 122 Å². The number of nitrogens with two attached hydrogens (primary N) is 1. The molecule has 2 aromatic carbocycles. The first-order valence-electron chi connectivity index (χ1n) is 6.40. The number of carboxylic acids is 1. The van der Waals surface area contributed by atoms with Gasteiger partial charge < -0.3 is 20.3 Å². The molecule has 0 aromatic heterocycles. The third kappa shape index (κ3) is 3.45. The molecule has 3 N–H and O–H groups in total. The number of ether oxygens (including phenoxy) is 2. The largest absolute Gasteiger partial charge is 0.497 e. The average Bonchev–Trinajstić information content (AvgIpc) is 2.48. The number of rotatable bonds is 5. The lowest BCUT2D eigenvalue weighted by Crippen LogP contribution is -2.05. The summed E-state index contributed by atoms with van der Waals surface area (Å²) in [4.78, 5) is 11.1. The summed E-state index contributed by atoms with van der Waals surface area (Å²) in [5, 5.41) is 9.11. The maximum atomic E-state index is 11.1. The Morgan fingerprint density at radius 2 is 1.86 bits per heavy atom. The van der Waals surface area contributed by atoms with E-state index in [0.29, 0.717) is 17.9 Å². The van der Waals surface area contributed by atoms with Crippen molar-refractivity contribution < 1.29 is 19.4 Å². The van der Waals surface area contributed by atoms with Crippen LogP contribution in [-0.4, -0.2) is 18.2 Å². The van der Waals surface area contributed by atoms with Crippen LogP contribution in [0.4, 0.5) is 5.69 Å². The predicted octanol–water partition coefficient (Wildman–Crippen LogP) is 2.86. The van der Waals surface area contributed by atoms with Crippen molar-refractivity contribution in [3.8, 4) is 11.5 Å². The van der Waals surface area contributed by atoms with E-state index >= 15 is 0 Å². The third-order valence-corrected chi connectivity index (χ3v) is 3.16. The van der Waals surface area contributed by atoms with Gasteiger partial charge in [-0.2, -0.15) is 0 Å². The zero-order chi connectivity index (χ0) is 15.4. The van der Waals surface area contributed by atoms with Crippen LogP contribution in [0.3, 0.4) is 0 Å². The van der Waals surface area contributed by atoms with Crippen LogP contribution in [0.5, 0.6) is 11.5 Å². The second kappa shape index (κ2) is 6.17. The van der Waals surface area contributed by atoms with Crippen LogP contribution in [0, 0.1) is 6.92 Å². The maximum absolute atomic E-state index is 11.1. The number of aromatic carboxylic acids is 1. The molecule has 110 valence electrons. The highest BCUT2D eigenvalue weighted by molar-refractivity contribution is 5.95. The van der Waals surface area contributed by atoms with E-state index in [1.54, 1.807) is 20.1 Å². The molecule has 5 heteroatoms. The summed E-state index contributed by atoms with van der Waals surface area (Å²) in [6.07, 6.45) is 0. The van der Waals surface area contributed by atoms with E-state index in [2.05, 4.69) is 0 Å². The Bertz CT molecular complexity index is 650. The minimum atomic E-state index is -1.06. The Morgan fingerprint density at radius 1 is 1.19 bits per heavy atom. The number of nitrogen functional groups attached to an aromatic ring is 1. The predicted molar refractivity (Wildman–Crippen MR) is 79.9 cm³/mol. The summed E-state index contributed by atoms with van der Waals surface area (Å²) in [5.41, 5.74) is 7.70. The van der Waals surface area contributed by atoms with Crippen LogP contribution in [0.1, 0.15) is 21.5 Å². The van der Waals surface area contributed by atoms with E-state index in [0.717, 1.165) is 11.3 Å². The standard InChI is InChI=1S/C16H17NO4/c1-10-7-13(8-14(15(10)17)16(18)19)21-9-11-3-5-12(20-2)6-4-11/h3-8H,9,17H2,1-2H3,(H,18,19). The van der Waals surface area contributed by atoms with Gasteiger partial charge in [0.15, 0.2) is 0 Å². The highest BCUT2D eigenvalue weighted by Gasteiger charge is 2.12. The minimum Gasteiger partial charge on any atom is -0.497 e. The van der Waals surface area contributed by atoms with Crippen LogP contribution in [0.15, 0.2) is 36.4 Å². The average molecular weight is 287 g/mol. The van der Waals surface area contributed by atoms with Gasteiger partial charge in [-0.05, 0) is 42.3 Å². The van der Waals surface area contributed by atoms with Crippen LogP contribution in [0.2, 0.25) is 0 Å². The molecule has 0 amide bonds. The van der Waals surface area contributed by atoms with E-state index in [1.807, 2.05) is 24.3 Å². The van der Waals surface area contributed by atoms with Crippen molar-refractivity contribution in [3.63, 3.8) is 0 Å². The van der Waals surface area contributed by atoms with Crippen molar-refractivity contribution in [3.05, 3.63) is 53.1 Å². The molecule has 5 nitrogen and oxygen atoms in total.